The number of fused-ring (bicyclic) bond motifs is 1. The first-order chi connectivity index (χ1) is 6.66. The molecule has 0 unspecified atom stereocenters. The van der Waals surface area contributed by atoms with Gasteiger partial charge < -0.3 is 0 Å². The third kappa shape index (κ3) is 1.58. The van der Waals surface area contributed by atoms with Crippen molar-refractivity contribution in [2.45, 2.75) is 20.8 Å². The van der Waals surface area contributed by atoms with Crippen molar-refractivity contribution in [1.29, 1.82) is 0 Å². The molecule has 0 aliphatic rings. The number of aromatic nitrogens is 4. The molecule has 2 heterocycles. The van der Waals surface area contributed by atoms with Gasteiger partial charge in [0.1, 0.15) is 0 Å². The van der Waals surface area contributed by atoms with Gasteiger partial charge in [-0.3, -0.25) is 5.43 Å². The van der Waals surface area contributed by atoms with E-state index in [-0.39, 0.29) is 0 Å². The molecule has 0 aliphatic carbocycles. The number of anilines is 1. The predicted octanol–water partition coefficient (Wildman–Crippen LogP) is 1.30. The normalized spacial score (nSPS) is 10.5. The molecule has 0 saturated carbocycles. The first kappa shape index (κ1) is 9.07. The summed E-state index contributed by atoms with van der Waals surface area (Å²) in [6.07, 6.45) is 0. The SMILES string of the molecule is CC(C)=NNc1nn2c(C)nnc2s1. The molecule has 2 aromatic rings. The van der Waals surface area contributed by atoms with Gasteiger partial charge in [0, 0.05) is 5.71 Å². The van der Waals surface area contributed by atoms with E-state index in [4.69, 9.17) is 0 Å². The summed E-state index contributed by atoms with van der Waals surface area (Å²) >= 11 is 1.42. The molecule has 2 aromatic heterocycles. The number of hydrogen-bond donors (Lipinski definition) is 1. The molecule has 0 aliphatic heterocycles. The van der Waals surface area contributed by atoms with Gasteiger partial charge in [-0.05, 0) is 20.8 Å². The monoisotopic (exact) mass is 210 g/mol. The van der Waals surface area contributed by atoms with E-state index in [0.717, 1.165) is 21.6 Å². The molecule has 0 atom stereocenters. The number of rotatable bonds is 2. The van der Waals surface area contributed by atoms with Crippen molar-refractivity contribution in [1.82, 2.24) is 19.8 Å². The number of nitrogens with one attached hydrogen (secondary N) is 1. The number of hydrogen-bond acceptors (Lipinski definition) is 6. The van der Waals surface area contributed by atoms with Crippen molar-refractivity contribution >= 4 is 27.1 Å². The van der Waals surface area contributed by atoms with Gasteiger partial charge in [0.25, 0.3) is 0 Å². The van der Waals surface area contributed by atoms with Crippen molar-refractivity contribution < 1.29 is 0 Å². The summed E-state index contributed by atoms with van der Waals surface area (Å²) in [5.41, 5.74) is 3.81. The van der Waals surface area contributed by atoms with E-state index >= 15 is 0 Å². The van der Waals surface area contributed by atoms with E-state index in [0.29, 0.717) is 0 Å². The maximum absolute atomic E-state index is 4.24. The van der Waals surface area contributed by atoms with Gasteiger partial charge in [-0.25, -0.2) is 0 Å². The standard InChI is InChI=1S/C7H10N6S/c1-4(2)8-10-6-12-13-5(3)9-11-7(13)14-6/h1-3H3,(H,10,12). The highest BCUT2D eigenvalue weighted by Crippen LogP contribution is 2.17. The van der Waals surface area contributed by atoms with Gasteiger partial charge in [-0.2, -0.15) is 9.62 Å². The van der Waals surface area contributed by atoms with Gasteiger partial charge in [-0.1, -0.05) is 11.3 Å². The molecular formula is C7H10N6S. The lowest BCUT2D eigenvalue weighted by Gasteiger charge is -1.92. The van der Waals surface area contributed by atoms with Crippen LogP contribution < -0.4 is 5.43 Å². The highest BCUT2D eigenvalue weighted by atomic mass is 32.1. The van der Waals surface area contributed by atoms with Gasteiger partial charge in [0.05, 0.1) is 0 Å². The first-order valence-electron chi connectivity index (χ1n) is 4.12. The molecule has 6 nitrogen and oxygen atoms in total. The van der Waals surface area contributed by atoms with Gasteiger partial charge in [0.15, 0.2) is 5.82 Å². The molecule has 74 valence electrons. The average Bonchev–Trinajstić information content (AvgIpc) is 2.65. The van der Waals surface area contributed by atoms with Crippen molar-refractivity contribution in [3.8, 4) is 0 Å². The summed E-state index contributed by atoms with van der Waals surface area (Å²) in [5, 5.41) is 16.8. The Morgan fingerprint density at radius 3 is 2.86 bits per heavy atom. The molecule has 2 rings (SSSR count). The molecule has 0 spiro atoms. The minimum absolute atomic E-state index is 0.721. The van der Waals surface area contributed by atoms with E-state index in [1.54, 1.807) is 4.52 Å². The van der Waals surface area contributed by atoms with Crippen LogP contribution in [0.3, 0.4) is 0 Å². The molecule has 0 bridgehead atoms. The second kappa shape index (κ2) is 3.33. The molecule has 0 radical (unpaired) electrons. The Bertz CT molecular complexity index is 477. The topological polar surface area (TPSA) is 67.5 Å². The van der Waals surface area contributed by atoms with Gasteiger partial charge in [-0.15, -0.1) is 15.3 Å². The lowest BCUT2D eigenvalue weighted by atomic mass is 10.5. The Labute approximate surface area is 84.7 Å². The van der Waals surface area contributed by atoms with Crippen molar-refractivity contribution in [3.63, 3.8) is 0 Å². The fraction of sp³-hybridized carbons (Fsp3) is 0.429. The first-order valence-corrected chi connectivity index (χ1v) is 4.94. The summed E-state index contributed by atoms with van der Waals surface area (Å²) in [4.78, 5) is 0.772. The van der Waals surface area contributed by atoms with E-state index in [9.17, 15) is 0 Å². The second-order valence-corrected chi connectivity index (χ2v) is 3.98. The Morgan fingerprint density at radius 2 is 2.21 bits per heavy atom. The molecule has 0 fully saturated rings. The van der Waals surface area contributed by atoms with Crippen LogP contribution in [0.4, 0.5) is 5.13 Å². The summed E-state index contributed by atoms with van der Waals surface area (Å²) in [6, 6.07) is 0. The van der Waals surface area contributed by atoms with Crippen LogP contribution in [0.1, 0.15) is 19.7 Å². The van der Waals surface area contributed by atoms with E-state index in [1.165, 1.54) is 11.3 Å². The number of aryl methyl sites for hydroxylation is 1. The largest absolute Gasteiger partial charge is 0.251 e. The zero-order valence-corrected chi connectivity index (χ0v) is 8.96. The Balaban J connectivity index is 2.31. The minimum atomic E-state index is 0.721. The molecule has 0 amide bonds. The quantitative estimate of drug-likeness (QED) is 0.599. The summed E-state index contributed by atoms with van der Waals surface area (Å²) in [7, 11) is 0. The summed E-state index contributed by atoms with van der Waals surface area (Å²) in [6.45, 7) is 5.69. The van der Waals surface area contributed by atoms with Crippen LogP contribution in [0.2, 0.25) is 0 Å². The highest BCUT2D eigenvalue weighted by Gasteiger charge is 2.07. The number of nitrogens with zero attached hydrogens (tertiary/aromatic N) is 5. The van der Waals surface area contributed by atoms with Crippen LogP contribution in [0.25, 0.3) is 4.96 Å². The van der Waals surface area contributed by atoms with Crippen LogP contribution in [0.15, 0.2) is 5.10 Å². The third-order valence-corrected chi connectivity index (χ3v) is 2.33. The predicted molar refractivity (Wildman–Crippen MR) is 55.8 cm³/mol. The molecular weight excluding hydrogens is 200 g/mol. The van der Waals surface area contributed by atoms with E-state index in [2.05, 4.69) is 25.8 Å². The van der Waals surface area contributed by atoms with E-state index < -0.39 is 0 Å². The van der Waals surface area contributed by atoms with Crippen molar-refractivity contribution in [2.75, 3.05) is 5.43 Å². The maximum atomic E-state index is 4.24. The van der Waals surface area contributed by atoms with Crippen LogP contribution in [-0.2, 0) is 0 Å². The fourth-order valence-corrected chi connectivity index (χ4v) is 1.65. The molecule has 7 heteroatoms. The molecule has 14 heavy (non-hydrogen) atoms. The molecule has 0 aromatic carbocycles. The summed E-state index contributed by atoms with van der Waals surface area (Å²) < 4.78 is 1.69. The second-order valence-electron chi connectivity index (χ2n) is 3.02. The third-order valence-electron chi connectivity index (χ3n) is 1.52. The van der Waals surface area contributed by atoms with Crippen LogP contribution in [-0.4, -0.2) is 25.5 Å². The average molecular weight is 210 g/mol. The van der Waals surface area contributed by atoms with Crippen LogP contribution in [0.5, 0.6) is 0 Å². The summed E-state index contributed by atoms with van der Waals surface area (Å²) in [5.74, 6) is 0.779. The molecule has 1 N–H and O–H groups in total. The Morgan fingerprint density at radius 1 is 1.43 bits per heavy atom. The Hall–Kier alpha value is -1.50. The highest BCUT2D eigenvalue weighted by molar-refractivity contribution is 7.20. The van der Waals surface area contributed by atoms with Crippen LogP contribution >= 0.6 is 11.3 Å². The lowest BCUT2D eigenvalue weighted by Crippen LogP contribution is -1.94. The number of hydrazone groups is 1. The maximum Gasteiger partial charge on any atom is 0.236 e. The van der Waals surface area contributed by atoms with E-state index in [1.807, 2.05) is 20.8 Å². The minimum Gasteiger partial charge on any atom is -0.251 e. The van der Waals surface area contributed by atoms with Crippen LogP contribution in [0, 0.1) is 6.92 Å². The van der Waals surface area contributed by atoms with Gasteiger partial charge in [0.2, 0.25) is 10.1 Å². The molecule has 0 saturated heterocycles. The lowest BCUT2D eigenvalue weighted by molar-refractivity contribution is 0.894. The van der Waals surface area contributed by atoms with Crippen molar-refractivity contribution in [3.05, 3.63) is 5.82 Å². The Kier molecular flexibility index (Phi) is 2.16. The fourth-order valence-electron chi connectivity index (χ4n) is 0.920. The van der Waals surface area contributed by atoms with Gasteiger partial charge >= 0.3 is 0 Å². The van der Waals surface area contributed by atoms with Crippen molar-refractivity contribution in [2.24, 2.45) is 5.10 Å². The zero-order chi connectivity index (χ0) is 10.1. The smallest absolute Gasteiger partial charge is 0.236 e. The zero-order valence-electron chi connectivity index (χ0n) is 8.14.